The fourth-order valence-corrected chi connectivity index (χ4v) is 2.59. The van der Waals surface area contributed by atoms with Crippen LogP contribution in [0.25, 0.3) is 0 Å². The number of nitrogens with one attached hydrogen (secondary N) is 1. The Hall–Kier alpha value is -1.18. The van der Waals surface area contributed by atoms with E-state index in [4.69, 9.17) is 23.2 Å². The lowest BCUT2D eigenvalue weighted by atomic mass is 10.1. The summed E-state index contributed by atoms with van der Waals surface area (Å²) in [6.07, 6.45) is 0. The molecule has 100 valence electrons. The van der Waals surface area contributed by atoms with Gasteiger partial charge in [0.1, 0.15) is 0 Å². The van der Waals surface area contributed by atoms with Crippen LogP contribution in [0.5, 0.6) is 0 Å². The van der Waals surface area contributed by atoms with Gasteiger partial charge in [-0.1, -0.05) is 40.9 Å². The average Bonchev–Trinajstić information content (AvgIpc) is 2.35. The molecule has 0 bridgehead atoms. The first-order valence-corrected chi connectivity index (χ1v) is 7.01. The van der Waals surface area contributed by atoms with Gasteiger partial charge in [0.2, 0.25) is 0 Å². The quantitative estimate of drug-likeness (QED) is 0.756. The summed E-state index contributed by atoms with van der Waals surface area (Å²) in [5.74, 6) is 0. The second kappa shape index (κ2) is 5.85. The molecule has 2 aromatic carbocycles. The fraction of sp³-hybridized carbons (Fsp3) is 0.250. The Morgan fingerprint density at radius 1 is 1.00 bits per heavy atom. The summed E-state index contributed by atoms with van der Waals surface area (Å²) in [6.45, 7) is 6.27. The molecular formula is C16H17Cl2N. The summed E-state index contributed by atoms with van der Waals surface area (Å²) in [6, 6.07) is 12.0. The maximum atomic E-state index is 6.22. The van der Waals surface area contributed by atoms with E-state index in [2.05, 4.69) is 44.3 Å². The first-order chi connectivity index (χ1) is 8.97. The predicted octanol–water partition coefficient (Wildman–Crippen LogP) is 5.78. The lowest BCUT2D eigenvalue weighted by molar-refractivity contribution is 0.883. The van der Waals surface area contributed by atoms with Gasteiger partial charge in [-0.15, -0.1) is 0 Å². The summed E-state index contributed by atoms with van der Waals surface area (Å²) < 4.78 is 0. The zero-order chi connectivity index (χ0) is 14.0. The molecule has 0 amide bonds. The summed E-state index contributed by atoms with van der Waals surface area (Å²) in [5.41, 5.74) is 4.62. The molecule has 0 aliphatic heterocycles. The van der Waals surface area contributed by atoms with E-state index in [1.165, 1.54) is 11.1 Å². The van der Waals surface area contributed by atoms with Gasteiger partial charge in [-0.2, -0.15) is 0 Å². The normalized spacial score (nSPS) is 12.3. The third-order valence-electron chi connectivity index (χ3n) is 3.18. The molecule has 0 heterocycles. The molecule has 0 aliphatic rings. The van der Waals surface area contributed by atoms with Crippen molar-refractivity contribution in [2.45, 2.75) is 26.8 Å². The molecule has 3 heteroatoms. The molecular weight excluding hydrogens is 277 g/mol. The third-order valence-corrected chi connectivity index (χ3v) is 3.76. The van der Waals surface area contributed by atoms with Crippen molar-refractivity contribution in [3.63, 3.8) is 0 Å². The van der Waals surface area contributed by atoms with Crippen molar-refractivity contribution in [1.29, 1.82) is 0 Å². The van der Waals surface area contributed by atoms with Gasteiger partial charge in [-0.25, -0.2) is 0 Å². The van der Waals surface area contributed by atoms with Crippen molar-refractivity contribution < 1.29 is 0 Å². The minimum absolute atomic E-state index is 0.104. The van der Waals surface area contributed by atoms with Crippen LogP contribution < -0.4 is 5.32 Å². The molecule has 0 radical (unpaired) electrons. The lowest BCUT2D eigenvalue weighted by Crippen LogP contribution is -2.08. The number of hydrogen-bond acceptors (Lipinski definition) is 1. The van der Waals surface area contributed by atoms with E-state index in [1.807, 2.05) is 12.1 Å². The van der Waals surface area contributed by atoms with E-state index in [1.54, 1.807) is 6.07 Å². The molecule has 0 saturated carbocycles. The SMILES string of the molecule is Cc1ccc(NC(C)c2cc(Cl)ccc2Cl)c(C)c1. The van der Waals surface area contributed by atoms with Crippen LogP contribution in [0.15, 0.2) is 36.4 Å². The molecule has 1 atom stereocenters. The Balaban J connectivity index is 2.25. The molecule has 19 heavy (non-hydrogen) atoms. The Kier molecular flexibility index (Phi) is 4.38. The monoisotopic (exact) mass is 293 g/mol. The second-order valence-electron chi connectivity index (χ2n) is 4.85. The predicted molar refractivity (Wildman–Crippen MR) is 84.4 cm³/mol. The number of aryl methyl sites for hydroxylation is 2. The minimum Gasteiger partial charge on any atom is -0.378 e. The molecule has 0 aliphatic carbocycles. The number of anilines is 1. The molecule has 0 aromatic heterocycles. The Labute approximate surface area is 124 Å². The van der Waals surface area contributed by atoms with E-state index in [-0.39, 0.29) is 6.04 Å². The van der Waals surface area contributed by atoms with Gasteiger partial charge in [0, 0.05) is 15.7 Å². The first kappa shape index (κ1) is 14.2. The van der Waals surface area contributed by atoms with E-state index in [9.17, 15) is 0 Å². The Morgan fingerprint density at radius 3 is 2.42 bits per heavy atom. The molecule has 2 aromatic rings. The second-order valence-corrected chi connectivity index (χ2v) is 5.69. The van der Waals surface area contributed by atoms with Gasteiger partial charge in [0.25, 0.3) is 0 Å². The molecule has 1 nitrogen and oxygen atoms in total. The van der Waals surface area contributed by atoms with Gasteiger partial charge < -0.3 is 5.32 Å². The van der Waals surface area contributed by atoms with Gasteiger partial charge >= 0.3 is 0 Å². The number of rotatable bonds is 3. The van der Waals surface area contributed by atoms with Crippen LogP contribution in [0.1, 0.15) is 29.7 Å². The molecule has 2 rings (SSSR count). The maximum Gasteiger partial charge on any atom is 0.0501 e. The van der Waals surface area contributed by atoms with Crippen molar-refractivity contribution in [2.75, 3.05) is 5.32 Å². The van der Waals surface area contributed by atoms with Gasteiger partial charge in [-0.05, 0) is 56.2 Å². The van der Waals surface area contributed by atoms with Crippen molar-refractivity contribution in [2.24, 2.45) is 0 Å². The molecule has 0 spiro atoms. The van der Waals surface area contributed by atoms with Gasteiger partial charge in [-0.3, -0.25) is 0 Å². The van der Waals surface area contributed by atoms with Gasteiger partial charge in [0.05, 0.1) is 6.04 Å². The molecule has 1 unspecified atom stereocenters. The zero-order valence-corrected chi connectivity index (χ0v) is 12.8. The first-order valence-electron chi connectivity index (χ1n) is 6.26. The zero-order valence-electron chi connectivity index (χ0n) is 11.3. The van der Waals surface area contributed by atoms with Crippen LogP contribution in [0.4, 0.5) is 5.69 Å². The number of benzene rings is 2. The summed E-state index contributed by atoms with van der Waals surface area (Å²) >= 11 is 12.3. The standard InChI is InChI=1S/C16H17Cl2N/c1-10-4-7-16(11(2)8-10)19-12(3)14-9-13(17)5-6-15(14)18/h4-9,12,19H,1-3H3. The fourth-order valence-electron chi connectivity index (χ4n) is 2.13. The topological polar surface area (TPSA) is 12.0 Å². The number of hydrogen-bond donors (Lipinski definition) is 1. The van der Waals surface area contributed by atoms with E-state index < -0.39 is 0 Å². The maximum absolute atomic E-state index is 6.22. The summed E-state index contributed by atoms with van der Waals surface area (Å²) in [4.78, 5) is 0. The van der Waals surface area contributed by atoms with E-state index in [0.29, 0.717) is 5.02 Å². The van der Waals surface area contributed by atoms with Gasteiger partial charge in [0.15, 0.2) is 0 Å². The highest BCUT2D eigenvalue weighted by Gasteiger charge is 2.11. The highest BCUT2D eigenvalue weighted by Crippen LogP contribution is 2.29. The Bertz CT molecular complexity index is 593. The third kappa shape index (κ3) is 3.43. The van der Waals surface area contributed by atoms with Crippen LogP contribution in [0.2, 0.25) is 10.0 Å². The van der Waals surface area contributed by atoms with Crippen molar-refractivity contribution >= 4 is 28.9 Å². The van der Waals surface area contributed by atoms with Crippen molar-refractivity contribution in [3.05, 3.63) is 63.1 Å². The molecule has 0 fully saturated rings. The van der Waals surface area contributed by atoms with E-state index in [0.717, 1.165) is 16.3 Å². The largest absolute Gasteiger partial charge is 0.378 e. The minimum atomic E-state index is 0.104. The highest BCUT2D eigenvalue weighted by molar-refractivity contribution is 6.33. The molecule has 1 N–H and O–H groups in total. The van der Waals surface area contributed by atoms with Crippen LogP contribution in [0, 0.1) is 13.8 Å². The summed E-state index contributed by atoms with van der Waals surface area (Å²) in [7, 11) is 0. The molecule has 0 saturated heterocycles. The average molecular weight is 294 g/mol. The smallest absolute Gasteiger partial charge is 0.0501 e. The van der Waals surface area contributed by atoms with Crippen LogP contribution in [0.3, 0.4) is 0 Å². The van der Waals surface area contributed by atoms with Crippen molar-refractivity contribution in [3.8, 4) is 0 Å². The van der Waals surface area contributed by atoms with E-state index >= 15 is 0 Å². The number of halogens is 2. The van der Waals surface area contributed by atoms with Crippen LogP contribution in [-0.2, 0) is 0 Å². The Morgan fingerprint density at radius 2 is 1.74 bits per heavy atom. The van der Waals surface area contributed by atoms with Crippen molar-refractivity contribution in [1.82, 2.24) is 0 Å². The highest BCUT2D eigenvalue weighted by atomic mass is 35.5. The summed E-state index contributed by atoms with van der Waals surface area (Å²) in [5, 5.41) is 4.91. The van der Waals surface area contributed by atoms with Crippen LogP contribution in [-0.4, -0.2) is 0 Å². The van der Waals surface area contributed by atoms with Crippen LogP contribution >= 0.6 is 23.2 Å². The lowest BCUT2D eigenvalue weighted by Gasteiger charge is -2.19.